The second kappa shape index (κ2) is 16.0. The molecule has 1 saturated heterocycles. The van der Waals surface area contributed by atoms with Gasteiger partial charge < -0.3 is 29.7 Å². The Labute approximate surface area is 336 Å². The van der Waals surface area contributed by atoms with Gasteiger partial charge in [0.25, 0.3) is 5.91 Å². The fourth-order valence-corrected chi connectivity index (χ4v) is 10.7. The number of aromatic nitrogens is 2. The van der Waals surface area contributed by atoms with Crippen molar-refractivity contribution in [3.63, 3.8) is 0 Å². The molecule has 4 amide bonds. The molecule has 4 saturated carbocycles. The number of carbonyl (C=O) groups is 4. The van der Waals surface area contributed by atoms with Crippen LogP contribution in [-0.2, 0) is 35.6 Å². The molecule has 2 bridgehead atoms. The molecule has 8 unspecified atom stereocenters. The molecule has 8 rings (SSSR count). The third kappa shape index (κ3) is 8.13. The number of carbonyl (C=O) groups excluding carboxylic acids is 4. The Balaban J connectivity index is 1.16. The van der Waals surface area contributed by atoms with Gasteiger partial charge in [0.05, 0.1) is 35.9 Å². The number of hydrogen-bond acceptors (Lipinski definition) is 11. The van der Waals surface area contributed by atoms with Crippen molar-refractivity contribution in [1.29, 1.82) is 0 Å². The molecule has 3 heterocycles. The second-order valence-electron chi connectivity index (χ2n) is 17.0. The van der Waals surface area contributed by atoms with Crippen molar-refractivity contribution in [1.82, 2.24) is 30.2 Å². The van der Waals surface area contributed by atoms with E-state index in [2.05, 4.69) is 10.6 Å². The number of alkyl carbamates (subject to hydrolysis) is 1. The molecule has 0 radical (unpaired) electrons. The third-order valence-electron chi connectivity index (χ3n) is 13.1. The standard InChI is InChI=1S/C40H52F2N6O9S/c1-3-25-31-20-48(33(25)35(49)46-40(19-26(40)34(41)42)38(51)47-58(53,54)24-14-15-24)37(50)32(21-9-7-8-10-21)45-39(52)57-30-17-22(30)11-5-4-6-12-28-36(56-31)44-29-18-23(55-2)13-16-27(29)43-28/h13,16,18,21-22,24-26,30-34H,3-12,14-15,17,19-20H2,1-2H3,(H,45,52)(H,46,49)(H,47,51). The van der Waals surface area contributed by atoms with Crippen LogP contribution in [0, 0.1) is 23.7 Å². The number of halogens is 2. The first-order valence-electron chi connectivity index (χ1n) is 20.8. The van der Waals surface area contributed by atoms with Crippen molar-refractivity contribution in [2.75, 3.05) is 13.7 Å². The molecule has 1 aromatic heterocycles. The summed E-state index contributed by atoms with van der Waals surface area (Å²) >= 11 is 0. The number of nitrogens with one attached hydrogen (secondary N) is 3. The highest BCUT2D eigenvalue weighted by molar-refractivity contribution is 7.91. The number of sulfonamides is 1. The van der Waals surface area contributed by atoms with Gasteiger partial charge in [-0.1, -0.05) is 32.6 Å². The highest BCUT2D eigenvalue weighted by Gasteiger charge is 2.67. The van der Waals surface area contributed by atoms with E-state index in [1.165, 1.54) is 4.90 Å². The molecule has 8 atom stereocenters. The van der Waals surface area contributed by atoms with Crippen LogP contribution in [0.5, 0.6) is 11.6 Å². The average molecular weight is 831 g/mol. The maximum atomic E-state index is 14.9. The van der Waals surface area contributed by atoms with Gasteiger partial charge in [-0.25, -0.2) is 32.0 Å². The summed E-state index contributed by atoms with van der Waals surface area (Å²) in [6, 6.07) is 2.94. The predicted molar refractivity (Wildman–Crippen MR) is 204 cm³/mol. The summed E-state index contributed by atoms with van der Waals surface area (Å²) in [5, 5.41) is 4.57. The zero-order chi connectivity index (χ0) is 40.9. The van der Waals surface area contributed by atoms with Crippen molar-refractivity contribution in [3.8, 4) is 11.6 Å². The first-order chi connectivity index (χ1) is 27.8. The minimum absolute atomic E-state index is 0.134. The van der Waals surface area contributed by atoms with Gasteiger partial charge in [-0.2, -0.15) is 0 Å². The summed E-state index contributed by atoms with van der Waals surface area (Å²) in [4.78, 5) is 67.8. The molecule has 58 heavy (non-hydrogen) atoms. The Morgan fingerprint density at radius 1 is 1.00 bits per heavy atom. The normalized spacial score (nSPS) is 31.9. The molecular weight excluding hydrogens is 779 g/mol. The molecule has 6 aliphatic rings. The van der Waals surface area contributed by atoms with E-state index >= 15 is 0 Å². The number of fused-ring (bicyclic) bond motifs is 5. The van der Waals surface area contributed by atoms with E-state index in [1.54, 1.807) is 19.2 Å². The summed E-state index contributed by atoms with van der Waals surface area (Å²) in [7, 11) is -2.59. The van der Waals surface area contributed by atoms with Gasteiger partial charge in [0.15, 0.2) is 0 Å². The van der Waals surface area contributed by atoms with Gasteiger partial charge in [0.1, 0.15) is 41.3 Å². The molecular formula is C40H52F2N6O9S. The van der Waals surface area contributed by atoms with Crippen LogP contribution >= 0.6 is 0 Å². The van der Waals surface area contributed by atoms with E-state index in [-0.39, 0.29) is 36.8 Å². The summed E-state index contributed by atoms with van der Waals surface area (Å²) < 4.78 is 74.1. The van der Waals surface area contributed by atoms with E-state index in [1.807, 2.05) is 17.7 Å². The lowest BCUT2D eigenvalue weighted by molar-refractivity contribution is -0.143. The summed E-state index contributed by atoms with van der Waals surface area (Å²) in [5.41, 5.74) is -0.461. The highest BCUT2D eigenvalue weighted by atomic mass is 32.2. The van der Waals surface area contributed by atoms with Gasteiger partial charge in [0.2, 0.25) is 34.1 Å². The number of rotatable bonds is 9. The Bertz CT molecular complexity index is 2050. The van der Waals surface area contributed by atoms with Crippen LogP contribution < -0.4 is 24.8 Å². The lowest BCUT2D eigenvalue weighted by atomic mass is 9.92. The Hall–Kier alpha value is -4.35. The molecule has 0 spiro atoms. The molecule has 2 aliphatic heterocycles. The number of aryl methyl sites for hydroxylation is 1. The smallest absolute Gasteiger partial charge is 0.408 e. The fourth-order valence-electron chi connectivity index (χ4n) is 9.36. The van der Waals surface area contributed by atoms with E-state index in [0.29, 0.717) is 54.6 Å². The third-order valence-corrected chi connectivity index (χ3v) is 14.9. The molecule has 1 aromatic carbocycles. The predicted octanol–water partition coefficient (Wildman–Crippen LogP) is 4.16. The summed E-state index contributed by atoms with van der Waals surface area (Å²) in [6.07, 6.45) is 3.33. The molecule has 5 fully saturated rings. The number of benzene rings is 1. The number of nitrogens with zero attached hydrogens (tertiary/aromatic N) is 3. The summed E-state index contributed by atoms with van der Waals surface area (Å²) in [5.74, 6) is -4.32. The van der Waals surface area contributed by atoms with Gasteiger partial charge >= 0.3 is 6.09 Å². The van der Waals surface area contributed by atoms with Crippen LogP contribution in [0.15, 0.2) is 18.2 Å². The number of hydrogen-bond donors (Lipinski definition) is 3. The molecule has 18 heteroatoms. The molecule has 2 aromatic rings. The Morgan fingerprint density at radius 2 is 1.74 bits per heavy atom. The minimum Gasteiger partial charge on any atom is -0.497 e. The van der Waals surface area contributed by atoms with Crippen molar-refractivity contribution in [3.05, 3.63) is 23.9 Å². The topological polar surface area (TPSA) is 195 Å². The monoisotopic (exact) mass is 830 g/mol. The molecule has 316 valence electrons. The van der Waals surface area contributed by atoms with Gasteiger partial charge in [0, 0.05) is 12.0 Å². The van der Waals surface area contributed by atoms with Gasteiger partial charge in [-0.3, -0.25) is 19.1 Å². The molecule has 15 nitrogen and oxygen atoms in total. The summed E-state index contributed by atoms with van der Waals surface area (Å²) in [6.45, 7) is 1.67. The molecule has 4 aliphatic carbocycles. The van der Waals surface area contributed by atoms with Crippen LogP contribution in [0.25, 0.3) is 11.0 Å². The van der Waals surface area contributed by atoms with Crippen LogP contribution in [0.3, 0.4) is 0 Å². The van der Waals surface area contributed by atoms with Crippen molar-refractivity contribution >= 4 is 44.9 Å². The Morgan fingerprint density at radius 3 is 2.43 bits per heavy atom. The Kier molecular flexibility index (Phi) is 11.2. The highest BCUT2D eigenvalue weighted by Crippen LogP contribution is 2.49. The SMILES string of the molecule is CCC1C2CN(C(=O)C(C3CCCC3)NC(=O)OC3CC3CCCCCc3nc4ccc(OC)cc4nc3O2)C1C(=O)NC1(C(=O)NS(=O)(=O)C2CC2)CC1C(F)F. The van der Waals surface area contributed by atoms with Crippen LogP contribution in [0.2, 0.25) is 0 Å². The van der Waals surface area contributed by atoms with E-state index < -0.39 is 87.5 Å². The van der Waals surface area contributed by atoms with Crippen molar-refractivity contribution < 1.29 is 50.6 Å². The van der Waals surface area contributed by atoms with E-state index in [9.17, 15) is 36.4 Å². The number of methoxy groups -OCH3 is 1. The number of amides is 4. The first kappa shape index (κ1) is 40.4. The minimum atomic E-state index is -4.14. The van der Waals surface area contributed by atoms with Crippen LogP contribution in [0.4, 0.5) is 13.6 Å². The first-order valence-corrected chi connectivity index (χ1v) is 22.3. The fraction of sp³-hybridized carbons (Fsp3) is 0.700. The quantitative estimate of drug-likeness (QED) is 0.329. The zero-order valence-electron chi connectivity index (χ0n) is 32.8. The second-order valence-corrected chi connectivity index (χ2v) is 18.9. The maximum absolute atomic E-state index is 14.9. The van der Waals surface area contributed by atoms with Crippen LogP contribution in [-0.4, -0.2) is 102 Å². The van der Waals surface area contributed by atoms with Gasteiger partial charge in [-0.15, -0.1) is 0 Å². The van der Waals surface area contributed by atoms with Crippen molar-refractivity contribution in [2.24, 2.45) is 23.7 Å². The largest absolute Gasteiger partial charge is 0.497 e. The lowest BCUT2D eigenvalue weighted by Crippen LogP contribution is -2.60. The maximum Gasteiger partial charge on any atom is 0.408 e. The zero-order valence-corrected chi connectivity index (χ0v) is 33.6. The average Bonchev–Trinajstić information content (AvgIpc) is 4.15. The van der Waals surface area contributed by atoms with E-state index in [0.717, 1.165) is 44.9 Å². The molecule has 3 N–H and O–H groups in total. The lowest BCUT2D eigenvalue weighted by Gasteiger charge is -2.33. The van der Waals surface area contributed by atoms with Gasteiger partial charge in [-0.05, 0) is 88.2 Å². The number of alkyl halides is 2. The van der Waals surface area contributed by atoms with E-state index in [4.69, 9.17) is 24.2 Å². The number of ether oxygens (including phenoxy) is 3. The van der Waals surface area contributed by atoms with Crippen molar-refractivity contribution in [2.45, 2.75) is 138 Å². The van der Waals surface area contributed by atoms with Crippen LogP contribution in [0.1, 0.15) is 96.1 Å².